The molecule has 0 atom stereocenters. The van der Waals surface area contributed by atoms with Gasteiger partial charge in [-0.05, 0) is 37.4 Å². The summed E-state index contributed by atoms with van der Waals surface area (Å²) >= 11 is 5.64. The molecule has 0 aromatic carbocycles. The van der Waals surface area contributed by atoms with Crippen molar-refractivity contribution in [1.82, 2.24) is 4.98 Å². The fraction of sp³-hybridized carbons (Fsp3) is 0.444. The Morgan fingerprint density at radius 1 is 1.33 bits per heavy atom. The van der Waals surface area contributed by atoms with Crippen molar-refractivity contribution in [2.75, 3.05) is 6.54 Å². The molecular formula is C9H13ClN2. The van der Waals surface area contributed by atoms with Crippen LogP contribution in [0.25, 0.3) is 0 Å². The van der Waals surface area contributed by atoms with Gasteiger partial charge in [-0.25, -0.2) is 4.98 Å². The first-order chi connectivity index (χ1) is 5.83. The van der Waals surface area contributed by atoms with Crippen molar-refractivity contribution in [2.24, 2.45) is 5.73 Å². The van der Waals surface area contributed by atoms with Crippen LogP contribution in [0.1, 0.15) is 18.4 Å². The molecule has 1 heterocycles. The Balaban J connectivity index is 2.37. The largest absolute Gasteiger partial charge is 0.330 e. The van der Waals surface area contributed by atoms with Gasteiger partial charge in [-0.1, -0.05) is 17.7 Å². The van der Waals surface area contributed by atoms with E-state index < -0.39 is 0 Å². The number of nitrogens with two attached hydrogens (primary N) is 1. The van der Waals surface area contributed by atoms with Gasteiger partial charge in [0.2, 0.25) is 0 Å². The molecule has 0 radical (unpaired) electrons. The number of rotatable bonds is 4. The van der Waals surface area contributed by atoms with E-state index in [2.05, 4.69) is 4.98 Å². The molecule has 66 valence electrons. The maximum atomic E-state index is 5.64. The number of aromatic nitrogens is 1. The minimum absolute atomic E-state index is 0.553. The highest BCUT2D eigenvalue weighted by molar-refractivity contribution is 6.29. The molecule has 1 rings (SSSR count). The number of hydrogen-bond acceptors (Lipinski definition) is 2. The standard InChI is InChI=1S/C9H13ClN2/c10-9-5-4-8(7-12-9)3-1-2-6-11/h4-5,7H,1-3,6,11H2. The molecule has 12 heavy (non-hydrogen) atoms. The lowest BCUT2D eigenvalue weighted by Gasteiger charge is -1.98. The van der Waals surface area contributed by atoms with Crippen molar-refractivity contribution in [2.45, 2.75) is 19.3 Å². The lowest BCUT2D eigenvalue weighted by Crippen LogP contribution is -1.99. The highest BCUT2D eigenvalue weighted by Gasteiger charge is 1.93. The maximum Gasteiger partial charge on any atom is 0.129 e. The SMILES string of the molecule is NCCCCc1ccc(Cl)nc1. The van der Waals surface area contributed by atoms with Crippen molar-refractivity contribution < 1.29 is 0 Å². The molecule has 0 aliphatic heterocycles. The minimum atomic E-state index is 0.553. The van der Waals surface area contributed by atoms with E-state index in [0.717, 1.165) is 25.8 Å². The molecule has 1 aromatic heterocycles. The number of halogens is 1. The summed E-state index contributed by atoms with van der Waals surface area (Å²) < 4.78 is 0. The number of hydrogen-bond donors (Lipinski definition) is 1. The molecule has 3 heteroatoms. The first-order valence-corrected chi connectivity index (χ1v) is 4.51. The predicted molar refractivity (Wildman–Crippen MR) is 51.2 cm³/mol. The summed E-state index contributed by atoms with van der Waals surface area (Å²) in [6.07, 6.45) is 5.06. The van der Waals surface area contributed by atoms with Crippen LogP contribution in [0.2, 0.25) is 5.15 Å². The molecule has 1 aromatic rings. The second-order valence-corrected chi connectivity index (χ2v) is 3.12. The third-order valence-electron chi connectivity index (χ3n) is 1.71. The minimum Gasteiger partial charge on any atom is -0.330 e. The molecule has 0 aliphatic carbocycles. The molecular weight excluding hydrogens is 172 g/mol. The highest BCUT2D eigenvalue weighted by atomic mass is 35.5. The highest BCUT2D eigenvalue weighted by Crippen LogP contribution is 2.07. The van der Waals surface area contributed by atoms with Gasteiger partial charge in [0.05, 0.1) is 0 Å². The first-order valence-electron chi connectivity index (χ1n) is 4.13. The van der Waals surface area contributed by atoms with Crippen molar-refractivity contribution >= 4 is 11.6 Å². The lowest BCUT2D eigenvalue weighted by atomic mass is 10.1. The molecule has 2 N–H and O–H groups in total. The van der Waals surface area contributed by atoms with Crippen molar-refractivity contribution in [1.29, 1.82) is 0 Å². The van der Waals surface area contributed by atoms with Crippen LogP contribution in [0.15, 0.2) is 18.3 Å². The van der Waals surface area contributed by atoms with Crippen molar-refractivity contribution in [3.05, 3.63) is 29.0 Å². The van der Waals surface area contributed by atoms with Crippen LogP contribution < -0.4 is 5.73 Å². The Hall–Kier alpha value is -0.600. The second kappa shape index (κ2) is 5.12. The summed E-state index contributed by atoms with van der Waals surface area (Å²) in [5.41, 5.74) is 6.61. The fourth-order valence-corrected chi connectivity index (χ4v) is 1.14. The normalized spacial score (nSPS) is 10.2. The Morgan fingerprint density at radius 2 is 2.17 bits per heavy atom. The Kier molecular flexibility index (Phi) is 4.05. The Morgan fingerprint density at radius 3 is 2.75 bits per heavy atom. The molecule has 0 unspecified atom stereocenters. The van der Waals surface area contributed by atoms with E-state index in [0.29, 0.717) is 5.15 Å². The van der Waals surface area contributed by atoms with E-state index in [9.17, 15) is 0 Å². The number of nitrogens with zero attached hydrogens (tertiary/aromatic N) is 1. The summed E-state index contributed by atoms with van der Waals surface area (Å²) in [6, 6.07) is 3.82. The monoisotopic (exact) mass is 184 g/mol. The van der Waals surface area contributed by atoms with E-state index in [1.54, 1.807) is 0 Å². The van der Waals surface area contributed by atoms with Crippen LogP contribution in [0, 0.1) is 0 Å². The van der Waals surface area contributed by atoms with Gasteiger partial charge in [0.1, 0.15) is 5.15 Å². The first kappa shape index (κ1) is 9.49. The van der Waals surface area contributed by atoms with Gasteiger partial charge in [-0.15, -0.1) is 0 Å². The summed E-state index contributed by atoms with van der Waals surface area (Å²) in [5, 5.41) is 0.553. The zero-order chi connectivity index (χ0) is 8.81. The van der Waals surface area contributed by atoms with Gasteiger partial charge < -0.3 is 5.73 Å². The van der Waals surface area contributed by atoms with Gasteiger partial charge in [-0.2, -0.15) is 0 Å². The molecule has 0 fully saturated rings. The van der Waals surface area contributed by atoms with E-state index in [4.69, 9.17) is 17.3 Å². The van der Waals surface area contributed by atoms with Crippen LogP contribution in [0.5, 0.6) is 0 Å². The van der Waals surface area contributed by atoms with Gasteiger partial charge in [-0.3, -0.25) is 0 Å². The summed E-state index contributed by atoms with van der Waals surface area (Å²) in [4.78, 5) is 3.99. The fourth-order valence-electron chi connectivity index (χ4n) is 1.03. The van der Waals surface area contributed by atoms with Crippen molar-refractivity contribution in [3.8, 4) is 0 Å². The van der Waals surface area contributed by atoms with Gasteiger partial charge in [0.15, 0.2) is 0 Å². The van der Waals surface area contributed by atoms with E-state index >= 15 is 0 Å². The lowest BCUT2D eigenvalue weighted by molar-refractivity contribution is 0.743. The van der Waals surface area contributed by atoms with E-state index in [-0.39, 0.29) is 0 Å². The quantitative estimate of drug-likeness (QED) is 0.575. The van der Waals surface area contributed by atoms with Crippen LogP contribution in [0.4, 0.5) is 0 Å². The molecule has 0 saturated heterocycles. The topological polar surface area (TPSA) is 38.9 Å². The second-order valence-electron chi connectivity index (χ2n) is 2.73. The Bertz CT molecular complexity index is 220. The molecule has 0 amide bonds. The molecule has 0 spiro atoms. The van der Waals surface area contributed by atoms with Crippen LogP contribution in [0.3, 0.4) is 0 Å². The van der Waals surface area contributed by atoms with Crippen molar-refractivity contribution in [3.63, 3.8) is 0 Å². The number of aryl methyl sites for hydroxylation is 1. The third-order valence-corrected chi connectivity index (χ3v) is 1.93. The molecule has 2 nitrogen and oxygen atoms in total. The summed E-state index contributed by atoms with van der Waals surface area (Å²) in [7, 11) is 0. The maximum absolute atomic E-state index is 5.64. The molecule has 0 bridgehead atoms. The van der Waals surface area contributed by atoms with Crippen LogP contribution in [-0.4, -0.2) is 11.5 Å². The van der Waals surface area contributed by atoms with Crippen LogP contribution >= 0.6 is 11.6 Å². The van der Waals surface area contributed by atoms with Crippen LogP contribution in [-0.2, 0) is 6.42 Å². The average Bonchev–Trinajstić information content (AvgIpc) is 2.09. The van der Waals surface area contributed by atoms with Gasteiger partial charge in [0, 0.05) is 6.20 Å². The van der Waals surface area contributed by atoms with E-state index in [1.165, 1.54) is 5.56 Å². The predicted octanol–water partition coefficient (Wildman–Crippen LogP) is 2.02. The summed E-state index contributed by atoms with van der Waals surface area (Å²) in [6.45, 7) is 0.765. The zero-order valence-electron chi connectivity index (χ0n) is 6.96. The smallest absolute Gasteiger partial charge is 0.129 e. The van der Waals surface area contributed by atoms with Gasteiger partial charge >= 0.3 is 0 Å². The average molecular weight is 185 g/mol. The molecule has 0 aliphatic rings. The third kappa shape index (κ3) is 3.20. The Labute approximate surface area is 77.8 Å². The number of unbranched alkanes of at least 4 members (excludes halogenated alkanes) is 1. The zero-order valence-corrected chi connectivity index (χ0v) is 7.72. The molecule has 0 saturated carbocycles. The summed E-state index contributed by atoms with van der Waals surface area (Å²) in [5.74, 6) is 0. The number of pyridine rings is 1. The van der Waals surface area contributed by atoms with E-state index in [1.807, 2.05) is 18.3 Å². The van der Waals surface area contributed by atoms with Gasteiger partial charge in [0.25, 0.3) is 0 Å².